The van der Waals surface area contributed by atoms with Crippen LogP contribution in [0.5, 0.6) is 17.2 Å². The van der Waals surface area contributed by atoms with E-state index < -0.39 is 88.7 Å². The maximum absolute atomic E-state index is 14.7. The van der Waals surface area contributed by atoms with E-state index in [0.29, 0.717) is 32.4 Å². The van der Waals surface area contributed by atoms with Crippen LogP contribution in [-0.4, -0.2) is 105 Å². The summed E-state index contributed by atoms with van der Waals surface area (Å²) in [4.78, 5) is 64.6. The van der Waals surface area contributed by atoms with Crippen LogP contribution in [0, 0.1) is 30.6 Å². The fourth-order valence-electron chi connectivity index (χ4n) is 8.97. The Balaban J connectivity index is 1.56. The largest absolute Gasteiger partial charge is 0.507 e. The van der Waals surface area contributed by atoms with Gasteiger partial charge in [0, 0.05) is 93.5 Å². The van der Waals surface area contributed by atoms with Crippen LogP contribution in [0.4, 0.5) is 5.69 Å². The van der Waals surface area contributed by atoms with Crippen molar-refractivity contribution in [2.75, 3.05) is 25.5 Å². The van der Waals surface area contributed by atoms with Crippen molar-refractivity contribution in [2.45, 2.75) is 117 Å². The fourth-order valence-corrected chi connectivity index (χ4v) is 8.97. The van der Waals surface area contributed by atoms with Crippen LogP contribution in [0.15, 0.2) is 46.1 Å². The molecule has 16 nitrogen and oxygen atoms in total. The maximum atomic E-state index is 14.7. The van der Waals surface area contributed by atoms with E-state index in [-0.39, 0.29) is 55.5 Å². The predicted molar refractivity (Wildman–Crippen MR) is 223 cm³/mol. The topological polar surface area (TPSA) is 226 Å². The van der Waals surface area contributed by atoms with E-state index in [4.69, 9.17) is 23.9 Å². The van der Waals surface area contributed by atoms with Crippen LogP contribution in [0.3, 0.4) is 0 Å². The van der Waals surface area contributed by atoms with Crippen LogP contribution in [-0.2, 0) is 28.6 Å². The molecular weight excluding hydrogens is 789 g/mol. The Hall–Kier alpha value is -5.32. The third-order valence-electron chi connectivity index (χ3n) is 12.9. The lowest BCUT2D eigenvalue weighted by Crippen LogP contribution is -2.48. The predicted octanol–water partition coefficient (Wildman–Crippen LogP) is 4.03. The Morgan fingerprint density at radius 3 is 2.26 bits per heavy atom. The van der Waals surface area contributed by atoms with Crippen LogP contribution in [0.25, 0.3) is 10.8 Å². The molecule has 16 heteroatoms. The molecule has 0 radical (unpaired) electrons. The van der Waals surface area contributed by atoms with Gasteiger partial charge in [-0.1, -0.05) is 52.8 Å². The number of methoxy groups -OCH3 is 1. The fraction of sp³-hybridized carbons (Fsp3) is 0.556. The number of nitrogens with zero attached hydrogens (tertiary/aromatic N) is 3. The Morgan fingerprint density at radius 2 is 1.64 bits per heavy atom. The first-order chi connectivity index (χ1) is 28.7. The van der Waals surface area contributed by atoms with Gasteiger partial charge < -0.3 is 49.6 Å². The number of aromatic hydroxyl groups is 2. The number of carbonyl (C=O) groups excluding carboxylic acids is 4. The van der Waals surface area contributed by atoms with E-state index in [2.05, 4.69) is 10.3 Å². The van der Waals surface area contributed by atoms with E-state index in [1.54, 1.807) is 51.7 Å². The van der Waals surface area contributed by atoms with E-state index >= 15 is 0 Å². The number of fused-ring (bicyclic) bond motifs is 13. The summed E-state index contributed by atoms with van der Waals surface area (Å²) in [7, 11) is 1.45. The van der Waals surface area contributed by atoms with E-state index in [1.807, 2.05) is 0 Å². The zero-order valence-corrected chi connectivity index (χ0v) is 36.4. The van der Waals surface area contributed by atoms with Crippen LogP contribution in [0.2, 0.25) is 0 Å². The molecule has 1 spiro atoms. The van der Waals surface area contributed by atoms with Crippen LogP contribution >= 0.6 is 0 Å². The van der Waals surface area contributed by atoms with Crippen molar-refractivity contribution in [3.8, 4) is 17.2 Å². The van der Waals surface area contributed by atoms with Crippen molar-refractivity contribution in [1.29, 1.82) is 0 Å². The van der Waals surface area contributed by atoms with Crippen LogP contribution in [0.1, 0.15) is 90.6 Å². The number of nitrogens with one attached hydrogen (secondary N) is 1. The molecule has 2 amide bonds. The average Bonchev–Trinajstić information content (AvgIpc) is 3.73. The first kappa shape index (κ1) is 45.2. The van der Waals surface area contributed by atoms with Crippen molar-refractivity contribution in [3.05, 3.63) is 58.0 Å². The number of aliphatic hydroxyl groups excluding tert-OH is 2. The number of carbonyl (C=O) groups is 4. The van der Waals surface area contributed by atoms with Gasteiger partial charge >= 0.3 is 11.8 Å². The minimum Gasteiger partial charge on any atom is -0.507 e. The highest BCUT2D eigenvalue weighted by molar-refractivity contribution is 6.21. The quantitative estimate of drug-likeness (QED) is 0.218. The number of piperidine rings is 1. The summed E-state index contributed by atoms with van der Waals surface area (Å²) in [6, 6.07) is 0. The number of benzene rings is 2. The molecule has 1 saturated heterocycles. The van der Waals surface area contributed by atoms with Crippen molar-refractivity contribution in [3.63, 3.8) is 0 Å². The number of hydrogen-bond acceptors (Lipinski definition) is 14. The second-order valence-electron chi connectivity index (χ2n) is 17.0. The molecule has 5 heterocycles. The standard InChI is InChI=1S/C45H58N4O12/c1-11-29(51)49-18-16-45(17-19-49)47-33-30-31-38(54)26(7)41-32(30)42(56)44(9,61-41)59-20-15-28(58-10)23(4)40(60-27(8)50)25(6)37(53)24(5)36(52)21(2)13-12-14-22(3)43(57)46-35(39(31)55)34(33)48-45/h12-15,20-21,23-25,28,36-37,40,47,52-55H,11,16-19H2,1-10H3/b13-12+,20-15+,22-14-,46-35?. The summed E-state index contributed by atoms with van der Waals surface area (Å²) in [6.45, 7) is 15.2. The molecule has 5 aliphatic heterocycles. The summed E-state index contributed by atoms with van der Waals surface area (Å²) in [5.74, 6) is -7.39. The lowest BCUT2D eigenvalue weighted by molar-refractivity contribution is -0.160. The van der Waals surface area contributed by atoms with Crippen molar-refractivity contribution in [2.24, 2.45) is 33.7 Å². The SMILES string of the molecule is CCC(=O)N1CCC2(CC1)N=c1c(c3c4c5c(C)c(O)c3c(O)c1=NC(=O)/C(C)=C\C=C\C(C)C(O)C(C)C(O)C(C)C(OC(C)=O)C(C)C(OC)/C=C/OC(C)(O5)C4=O)N2. The number of hydrogen-bond donors (Lipinski definition) is 5. The Kier molecular flexibility index (Phi) is 12.8. The third kappa shape index (κ3) is 8.12. The highest BCUT2D eigenvalue weighted by atomic mass is 16.7. The summed E-state index contributed by atoms with van der Waals surface area (Å²) < 4.78 is 23.9. The van der Waals surface area contributed by atoms with Gasteiger partial charge in [0.25, 0.3) is 11.7 Å². The van der Waals surface area contributed by atoms with Crippen molar-refractivity contribution in [1.82, 2.24) is 4.90 Å². The van der Waals surface area contributed by atoms with Crippen LogP contribution < -0.4 is 20.8 Å². The second kappa shape index (κ2) is 17.2. The lowest BCUT2D eigenvalue weighted by atomic mass is 9.78. The molecule has 1 fully saturated rings. The number of likely N-dealkylation sites (tertiary alicyclic amines) is 1. The molecule has 0 aromatic heterocycles. The minimum absolute atomic E-state index is 0.000495. The summed E-state index contributed by atoms with van der Waals surface area (Å²) in [6.07, 6.45) is 4.76. The second-order valence-corrected chi connectivity index (χ2v) is 17.0. The van der Waals surface area contributed by atoms with Crippen molar-refractivity contribution < 1.29 is 58.6 Å². The molecular formula is C45H58N4O12. The molecule has 0 aliphatic carbocycles. The van der Waals surface area contributed by atoms with E-state index in [0.717, 1.165) is 0 Å². The number of amides is 2. The lowest BCUT2D eigenvalue weighted by Gasteiger charge is -2.38. The summed E-state index contributed by atoms with van der Waals surface area (Å²) in [5, 5.41) is 50.1. The number of esters is 1. The Bertz CT molecular complexity index is 2350. The number of ketones is 1. The normalized spacial score (nSPS) is 32.2. The highest BCUT2D eigenvalue weighted by Gasteiger charge is 2.51. The molecule has 330 valence electrons. The monoisotopic (exact) mass is 846 g/mol. The van der Waals surface area contributed by atoms with Crippen molar-refractivity contribution >= 4 is 40.0 Å². The number of aliphatic hydroxyl groups is 2. The summed E-state index contributed by atoms with van der Waals surface area (Å²) >= 11 is 0. The first-order valence-electron chi connectivity index (χ1n) is 20.8. The third-order valence-corrected chi connectivity index (χ3v) is 12.9. The number of Topliss-reactive ketones (excluding diaryl/α,β-unsaturated/α-hetero) is 1. The highest BCUT2D eigenvalue weighted by Crippen LogP contribution is 2.51. The zero-order chi connectivity index (χ0) is 44.9. The molecule has 5 N–H and O–H groups in total. The number of anilines is 1. The van der Waals surface area contributed by atoms with Gasteiger partial charge in [-0.15, -0.1) is 0 Å². The van der Waals surface area contributed by atoms with Gasteiger partial charge in [-0.3, -0.25) is 24.2 Å². The number of allylic oxidation sites excluding steroid dienone is 2. The minimum atomic E-state index is -1.99. The first-order valence-corrected chi connectivity index (χ1v) is 20.8. The number of ether oxygens (including phenoxy) is 4. The van der Waals surface area contributed by atoms with Gasteiger partial charge in [0.15, 0.2) is 5.75 Å². The van der Waals surface area contributed by atoms with E-state index in [1.165, 1.54) is 53.2 Å². The van der Waals surface area contributed by atoms with Gasteiger partial charge in [-0.05, 0) is 19.9 Å². The molecule has 0 saturated carbocycles. The molecule has 7 rings (SSSR count). The molecule has 61 heavy (non-hydrogen) atoms. The van der Waals surface area contributed by atoms with E-state index in [9.17, 15) is 39.6 Å². The zero-order valence-electron chi connectivity index (χ0n) is 36.4. The van der Waals surface area contributed by atoms with Gasteiger partial charge in [-0.2, -0.15) is 0 Å². The average molecular weight is 847 g/mol. The van der Waals surface area contributed by atoms with Gasteiger partial charge in [0.2, 0.25) is 5.91 Å². The summed E-state index contributed by atoms with van der Waals surface area (Å²) in [5.41, 5.74) is -0.482. The van der Waals surface area contributed by atoms with Gasteiger partial charge in [-0.25, -0.2) is 4.99 Å². The van der Waals surface area contributed by atoms with Gasteiger partial charge in [0.05, 0.1) is 41.2 Å². The molecule has 5 bridgehead atoms. The molecule has 5 aliphatic rings. The molecule has 9 atom stereocenters. The smallest absolute Gasteiger partial charge is 0.312 e. The number of phenols is 2. The Morgan fingerprint density at radius 1 is 0.967 bits per heavy atom. The number of phenolic OH excluding ortho intramolecular Hbond substituents is 2. The number of rotatable bonds is 3. The molecule has 2 aromatic rings. The molecule has 9 unspecified atom stereocenters. The maximum Gasteiger partial charge on any atom is 0.312 e. The molecule has 2 aromatic carbocycles. The Labute approximate surface area is 354 Å². The van der Waals surface area contributed by atoms with Gasteiger partial charge in [0.1, 0.15) is 34.0 Å².